The van der Waals surface area contributed by atoms with Crippen LogP contribution >= 0.6 is 11.3 Å². The Bertz CT molecular complexity index is 1060. The summed E-state index contributed by atoms with van der Waals surface area (Å²) in [5.41, 5.74) is 0.329. The van der Waals surface area contributed by atoms with Gasteiger partial charge in [-0.3, -0.25) is 9.59 Å². The molecule has 1 aliphatic rings. The van der Waals surface area contributed by atoms with E-state index in [2.05, 4.69) is 10.6 Å². The quantitative estimate of drug-likeness (QED) is 0.554. The predicted molar refractivity (Wildman–Crippen MR) is 129 cm³/mol. The molecule has 1 fully saturated rings. The standard InChI is InChI=1S/C23H31N3O5S2/c1-4-31-18-11-10-17(15-20(18)33(29,30)26-12-6-5-7-13-26)24-23(28)21(16(2)3)25-22(27)19-9-8-14-32-19/h8-11,14-16,21H,4-7,12-13H2,1-3H3,(H,24,28)(H,25,27)/t21-/m1/s1. The number of benzene rings is 1. The summed E-state index contributed by atoms with van der Waals surface area (Å²) in [7, 11) is -3.77. The van der Waals surface area contributed by atoms with E-state index in [4.69, 9.17) is 4.74 Å². The maximum absolute atomic E-state index is 13.3. The topological polar surface area (TPSA) is 105 Å². The lowest BCUT2D eigenvalue weighted by molar-refractivity contribution is -0.118. The monoisotopic (exact) mass is 493 g/mol. The van der Waals surface area contributed by atoms with Gasteiger partial charge in [0.2, 0.25) is 15.9 Å². The van der Waals surface area contributed by atoms with Crippen LogP contribution in [0.25, 0.3) is 0 Å². The van der Waals surface area contributed by atoms with Gasteiger partial charge in [-0.15, -0.1) is 11.3 Å². The minimum atomic E-state index is -3.77. The zero-order valence-corrected chi connectivity index (χ0v) is 20.8. The second-order valence-electron chi connectivity index (χ2n) is 8.22. The lowest BCUT2D eigenvalue weighted by Gasteiger charge is -2.27. The first-order chi connectivity index (χ1) is 15.7. The lowest BCUT2D eigenvalue weighted by Crippen LogP contribution is -2.47. The van der Waals surface area contributed by atoms with Gasteiger partial charge in [-0.05, 0) is 55.3 Å². The lowest BCUT2D eigenvalue weighted by atomic mass is 10.0. The number of hydrogen-bond donors (Lipinski definition) is 2. The highest BCUT2D eigenvalue weighted by atomic mass is 32.2. The maximum Gasteiger partial charge on any atom is 0.262 e. The number of thiophene rings is 1. The molecule has 0 aliphatic carbocycles. The zero-order valence-electron chi connectivity index (χ0n) is 19.2. The van der Waals surface area contributed by atoms with Crippen LogP contribution in [-0.4, -0.2) is 50.3 Å². The van der Waals surface area contributed by atoms with E-state index < -0.39 is 22.0 Å². The molecule has 3 rings (SSSR count). The van der Waals surface area contributed by atoms with Crippen LogP contribution in [-0.2, 0) is 14.8 Å². The van der Waals surface area contributed by atoms with Crippen LogP contribution in [0.4, 0.5) is 5.69 Å². The molecule has 2 heterocycles. The van der Waals surface area contributed by atoms with Crippen LogP contribution in [0.2, 0.25) is 0 Å². The van der Waals surface area contributed by atoms with E-state index in [9.17, 15) is 18.0 Å². The molecule has 33 heavy (non-hydrogen) atoms. The summed E-state index contributed by atoms with van der Waals surface area (Å²) in [6.07, 6.45) is 2.65. The molecule has 0 saturated carbocycles. The number of nitrogens with zero attached hydrogens (tertiary/aromatic N) is 1. The van der Waals surface area contributed by atoms with Crippen LogP contribution in [0.5, 0.6) is 5.75 Å². The summed E-state index contributed by atoms with van der Waals surface area (Å²) in [5, 5.41) is 7.34. The highest BCUT2D eigenvalue weighted by Gasteiger charge is 2.30. The molecule has 1 aromatic carbocycles. The number of ether oxygens (including phenoxy) is 1. The van der Waals surface area contributed by atoms with Crippen LogP contribution in [0, 0.1) is 5.92 Å². The normalized spacial score (nSPS) is 15.8. The number of hydrogen-bond acceptors (Lipinski definition) is 6. The smallest absolute Gasteiger partial charge is 0.262 e. The van der Waals surface area contributed by atoms with Crippen molar-refractivity contribution in [1.82, 2.24) is 9.62 Å². The molecule has 180 valence electrons. The van der Waals surface area contributed by atoms with Crippen molar-refractivity contribution in [2.45, 2.75) is 51.0 Å². The molecule has 8 nitrogen and oxygen atoms in total. The Morgan fingerprint density at radius 2 is 1.88 bits per heavy atom. The fourth-order valence-electron chi connectivity index (χ4n) is 3.68. The molecule has 10 heteroatoms. The van der Waals surface area contributed by atoms with Gasteiger partial charge in [0, 0.05) is 18.8 Å². The molecule has 0 bridgehead atoms. The number of anilines is 1. The number of piperidine rings is 1. The van der Waals surface area contributed by atoms with Gasteiger partial charge in [0.05, 0.1) is 11.5 Å². The Kier molecular flexibility index (Phi) is 8.50. The molecule has 2 aromatic rings. The van der Waals surface area contributed by atoms with Gasteiger partial charge in [-0.25, -0.2) is 8.42 Å². The van der Waals surface area contributed by atoms with Crippen molar-refractivity contribution in [3.05, 3.63) is 40.6 Å². The summed E-state index contributed by atoms with van der Waals surface area (Å²) >= 11 is 1.30. The van der Waals surface area contributed by atoms with Crippen molar-refractivity contribution in [3.8, 4) is 5.75 Å². The number of sulfonamides is 1. The van der Waals surface area contributed by atoms with Gasteiger partial charge in [0.15, 0.2) is 0 Å². The molecular formula is C23H31N3O5S2. The molecule has 0 spiro atoms. The van der Waals surface area contributed by atoms with Gasteiger partial charge in [-0.2, -0.15) is 4.31 Å². The van der Waals surface area contributed by atoms with Gasteiger partial charge in [0.25, 0.3) is 5.91 Å². The first kappa shape index (κ1) is 25.2. The zero-order chi connectivity index (χ0) is 24.0. The van der Waals surface area contributed by atoms with Crippen molar-refractivity contribution in [3.63, 3.8) is 0 Å². The van der Waals surface area contributed by atoms with E-state index in [1.165, 1.54) is 21.7 Å². The molecule has 1 atom stereocenters. The summed E-state index contributed by atoms with van der Waals surface area (Å²) in [5.74, 6) is -0.653. The maximum atomic E-state index is 13.3. The van der Waals surface area contributed by atoms with E-state index in [-0.39, 0.29) is 22.5 Å². The number of amides is 2. The Hall–Kier alpha value is -2.43. The third-order valence-corrected chi connectivity index (χ3v) is 8.21. The fraction of sp³-hybridized carbons (Fsp3) is 0.478. The molecule has 2 amide bonds. The first-order valence-corrected chi connectivity index (χ1v) is 13.5. The molecule has 0 radical (unpaired) electrons. The molecule has 0 unspecified atom stereocenters. The van der Waals surface area contributed by atoms with Gasteiger partial charge in [0.1, 0.15) is 16.7 Å². The number of carbonyl (C=O) groups excluding carboxylic acids is 2. The third-order valence-electron chi connectivity index (χ3n) is 5.42. The highest BCUT2D eigenvalue weighted by molar-refractivity contribution is 7.89. The van der Waals surface area contributed by atoms with Crippen molar-refractivity contribution in [2.24, 2.45) is 5.92 Å². The average molecular weight is 494 g/mol. The first-order valence-electron chi connectivity index (χ1n) is 11.2. The van der Waals surface area contributed by atoms with E-state index in [0.29, 0.717) is 30.3 Å². The van der Waals surface area contributed by atoms with E-state index in [1.807, 2.05) is 13.8 Å². The fourth-order valence-corrected chi connectivity index (χ4v) is 5.98. The minimum absolute atomic E-state index is 0.0350. The number of carbonyl (C=O) groups is 2. The van der Waals surface area contributed by atoms with E-state index in [0.717, 1.165) is 19.3 Å². The number of nitrogens with one attached hydrogen (secondary N) is 2. The average Bonchev–Trinajstić information content (AvgIpc) is 3.34. The second-order valence-corrected chi connectivity index (χ2v) is 11.1. The van der Waals surface area contributed by atoms with Crippen molar-refractivity contribution in [1.29, 1.82) is 0 Å². The Morgan fingerprint density at radius 3 is 2.48 bits per heavy atom. The van der Waals surface area contributed by atoms with E-state index >= 15 is 0 Å². The Labute approximate surface area is 199 Å². The minimum Gasteiger partial charge on any atom is -0.492 e. The summed E-state index contributed by atoms with van der Waals surface area (Å²) in [6.45, 7) is 6.71. The highest BCUT2D eigenvalue weighted by Crippen LogP contribution is 2.31. The van der Waals surface area contributed by atoms with E-state index in [1.54, 1.807) is 36.6 Å². The van der Waals surface area contributed by atoms with Crippen LogP contribution in [0.3, 0.4) is 0 Å². The molecule has 2 N–H and O–H groups in total. The van der Waals surface area contributed by atoms with Crippen molar-refractivity contribution >= 4 is 38.9 Å². The molecule has 1 aliphatic heterocycles. The summed E-state index contributed by atoms with van der Waals surface area (Å²) < 4.78 is 33.7. The molecule has 1 aromatic heterocycles. The largest absolute Gasteiger partial charge is 0.492 e. The van der Waals surface area contributed by atoms with Gasteiger partial charge >= 0.3 is 0 Å². The summed E-state index contributed by atoms with van der Waals surface area (Å²) in [4.78, 5) is 26.0. The third kappa shape index (κ3) is 6.13. The van der Waals surface area contributed by atoms with Crippen molar-refractivity contribution < 1.29 is 22.7 Å². The number of rotatable bonds is 9. The summed E-state index contributed by atoms with van der Waals surface area (Å²) in [6, 6.07) is 7.29. The molecule has 1 saturated heterocycles. The SMILES string of the molecule is CCOc1ccc(NC(=O)[C@H](NC(=O)c2cccs2)C(C)C)cc1S(=O)(=O)N1CCCCC1. The van der Waals surface area contributed by atoms with Crippen LogP contribution in [0.15, 0.2) is 40.6 Å². The van der Waals surface area contributed by atoms with Gasteiger partial charge in [-0.1, -0.05) is 26.3 Å². The second kappa shape index (κ2) is 11.1. The predicted octanol–water partition coefficient (Wildman–Crippen LogP) is 3.71. The Balaban J connectivity index is 1.84. The Morgan fingerprint density at radius 1 is 1.15 bits per heavy atom. The van der Waals surface area contributed by atoms with Crippen LogP contribution in [0.1, 0.15) is 49.7 Å². The van der Waals surface area contributed by atoms with Gasteiger partial charge < -0.3 is 15.4 Å². The molecular weight excluding hydrogens is 462 g/mol. The van der Waals surface area contributed by atoms with Crippen molar-refractivity contribution in [2.75, 3.05) is 25.0 Å². The van der Waals surface area contributed by atoms with Crippen LogP contribution < -0.4 is 15.4 Å².